The van der Waals surface area contributed by atoms with Gasteiger partial charge in [-0.2, -0.15) is 0 Å². The van der Waals surface area contributed by atoms with Crippen LogP contribution in [0.2, 0.25) is 0 Å². The molecule has 1 aromatic rings. The van der Waals surface area contributed by atoms with Crippen molar-refractivity contribution in [1.29, 1.82) is 0 Å². The molecule has 10 heavy (non-hydrogen) atoms. The molecule has 0 radical (unpaired) electrons. The minimum atomic E-state index is 0.875. The zero-order valence-electron chi connectivity index (χ0n) is 6.33. The molecule has 0 aromatic carbocycles. The van der Waals surface area contributed by atoms with Crippen LogP contribution >= 0.6 is 0 Å². The topological polar surface area (TPSA) is 12.9 Å². The molecule has 0 fully saturated rings. The van der Waals surface area contributed by atoms with E-state index in [1.165, 1.54) is 0 Å². The largest absolute Gasteiger partial charge is 0.265 e. The molecule has 1 heteroatoms. The number of nitrogens with zero attached hydrogens (tertiary/aromatic N) is 1. The quantitative estimate of drug-likeness (QED) is 0.494. The summed E-state index contributed by atoms with van der Waals surface area (Å²) in [6.07, 6.45) is 8.42. The monoisotopic (exact) mass is 133 g/mol. The minimum absolute atomic E-state index is 0.875. The van der Waals surface area contributed by atoms with Gasteiger partial charge in [0.05, 0.1) is 0 Å². The van der Waals surface area contributed by atoms with Crippen LogP contribution in [0.15, 0.2) is 24.5 Å². The van der Waals surface area contributed by atoms with Crippen LogP contribution in [0.25, 0.3) is 0 Å². The molecule has 1 aromatic heterocycles. The van der Waals surface area contributed by atoms with E-state index >= 15 is 0 Å². The molecule has 0 spiro atoms. The van der Waals surface area contributed by atoms with Crippen LogP contribution in [-0.4, -0.2) is 4.98 Å². The molecular formula is C9H11N. The molecular weight excluding hydrogens is 122 g/mol. The molecule has 1 rings (SSSR count). The lowest BCUT2D eigenvalue weighted by atomic mass is 10.3. The predicted molar refractivity (Wildman–Crippen MR) is 43.5 cm³/mol. The second-order valence-corrected chi connectivity index (χ2v) is 1.38. The van der Waals surface area contributed by atoms with Crippen LogP contribution in [0.5, 0.6) is 0 Å². The molecule has 0 bridgehead atoms. The van der Waals surface area contributed by atoms with Gasteiger partial charge in [-0.3, -0.25) is 4.98 Å². The highest BCUT2D eigenvalue weighted by Gasteiger charge is 1.77. The zero-order chi connectivity index (χ0) is 7.82. The van der Waals surface area contributed by atoms with E-state index in [1.54, 1.807) is 24.5 Å². The minimum Gasteiger partial charge on any atom is -0.265 e. The first-order valence-corrected chi connectivity index (χ1v) is 3.30. The summed E-state index contributed by atoms with van der Waals surface area (Å²) < 4.78 is 0. The SMILES string of the molecule is C#Cc1ccncc1.CC. The van der Waals surface area contributed by atoms with E-state index in [2.05, 4.69) is 10.9 Å². The molecule has 0 aliphatic heterocycles. The number of terminal acetylenes is 1. The molecule has 0 N–H and O–H groups in total. The van der Waals surface area contributed by atoms with Gasteiger partial charge in [-0.1, -0.05) is 19.8 Å². The van der Waals surface area contributed by atoms with Crippen molar-refractivity contribution in [3.8, 4) is 12.3 Å². The summed E-state index contributed by atoms with van der Waals surface area (Å²) in [5, 5.41) is 0. The van der Waals surface area contributed by atoms with Crippen molar-refractivity contribution in [1.82, 2.24) is 4.98 Å². The van der Waals surface area contributed by atoms with Gasteiger partial charge in [0.2, 0.25) is 0 Å². The maximum atomic E-state index is 5.07. The summed E-state index contributed by atoms with van der Waals surface area (Å²) in [7, 11) is 0. The van der Waals surface area contributed by atoms with Crippen LogP contribution in [0.1, 0.15) is 19.4 Å². The van der Waals surface area contributed by atoms with E-state index in [9.17, 15) is 0 Å². The predicted octanol–water partition coefficient (Wildman–Crippen LogP) is 2.09. The van der Waals surface area contributed by atoms with Crippen LogP contribution in [0.3, 0.4) is 0 Å². The molecule has 0 saturated carbocycles. The number of hydrogen-bond donors (Lipinski definition) is 0. The molecule has 0 unspecified atom stereocenters. The Balaban J connectivity index is 0.000000371. The Hall–Kier alpha value is -1.29. The summed E-state index contributed by atoms with van der Waals surface area (Å²) in [5.41, 5.74) is 0.875. The standard InChI is InChI=1S/C7H5N.C2H6/c1-2-7-3-5-8-6-4-7;1-2/h1,3-6H;1-2H3. The fourth-order valence-corrected chi connectivity index (χ4v) is 0.448. The molecule has 0 aliphatic carbocycles. The van der Waals surface area contributed by atoms with Gasteiger partial charge in [-0.25, -0.2) is 0 Å². The maximum absolute atomic E-state index is 5.07. The second-order valence-electron chi connectivity index (χ2n) is 1.38. The molecule has 0 saturated heterocycles. The Morgan fingerprint density at radius 2 is 1.80 bits per heavy atom. The van der Waals surface area contributed by atoms with Gasteiger partial charge < -0.3 is 0 Å². The Morgan fingerprint density at radius 3 is 2.10 bits per heavy atom. The average molecular weight is 133 g/mol. The lowest BCUT2D eigenvalue weighted by molar-refractivity contribution is 1.32. The van der Waals surface area contributed by atoms with E-state index < -0.39 is 0 Å². The lowest BCUT2D eigenvalue weighted by Gasteiger charge is -1.82. The fourth-order valence-electron chi connectivity index (χ4n) is 0.448. The molecule has 1 heterocycles. The van der Waals surface area contributed by atoms with Crippen molar-refractivity contribution in [2.75, 3.05) is 0 Å². The summed E-state index contributed by atoms with van der Waals surface area (Å²) in [5.74, 6) is 2.49. The van der Waals surface area contributed by atoms with Gasteiger partial charge in [0.15, 0.2) is 0 Å². The van der Waals surface area contributed by atoms with Crippen molar-refractivity contribution in [2.45, 2.75) is 13.8 Å². The summed E-state index contributed by atoms with van der Waals surface area (Å²) in [4.78, 5) is 3.80. The first-order chi connectivity index (χ1) is 4.93. The van der Waals surface area contributed by atoms with Gasteiger partial charge in [0.25, 0.3) is 0 Å². The number of rotatable bonds is 0. The third-order valence-electron chi connectivity index (χ3n) is 0.847. The fraction of sp³-hybridized carbons (Fsp3) is 0.222. The average Bonchev–Trinajstić information content (AvgIpc) is 2.10. The first kappa shape index (κ1) is 8.71. The molecule has 0 amide bonds. The second kappa shape index (κ2) is 5.84. The normalized spacial score (nSPS) is 6.90. The van der Waals surface area contributed by atoms with E-state index in [4.69, 9.17) is 6.42 Å². The zero-order valence-corrected chi connectivity index (χ0v) is 6.33. The van der Waals surface area contributed by atoms with Gasteiger partial charge >= 0.3 is 0 Å². The van der Waals surface area contributed by atoms with E-state index in [1.807, 2.05) is 13.8 Å². The van der Waals surface area contributed by atoms with Crippen molar-refractivity contribution >= 4 is 0 Å². The highest BCUT2D eigenvalue weighted by Crippen LogP contribution is 1.89. The third kappa shape index (κ3) is 2.88. The van der Waals surface area contributed by atoms with E-state index in [0.717, 1.165) is 5.56 Å². The Bertz CT molecular complexity index is 196. The van der Waals surface area contributed by atoms with E-state index in [0.29, 0.717) is 0 Å². The molecule has 52 valence electrons. The van der Waals surface area contributed by atoms with Crippen molar-refractivity contribution < 1.29 is 0 Å². The van der Waals surface area contributed by atoms with Crippen LogP contribution in [-0.2, 0) is 0 Å². The van der Waals surface area contributed by atoms with Gasteiger partial charge in [-0.05, 0) is 12.1 Å². The van der Waals surface area contributed by atoms with Crippen LogP contribution in [0.4, 0.5) is 0 Å². The first-order valence-electron chi connectivity index (χ1n) is 3.30. The lowest BCUT2D eigenvalue weighted by Crippen LogP contribution is -1.71. The molecule has 0 atom stereocenters. The van der Waals surface area contributed by atoms with Crippen molar-refractivity contribution in [3.63, 3.8) is 0 Å². The Labute approximate surface area is 62.1 Å². The summed E-state index contributed by atoms with van der Waals surface area (Å²) in [6.45, 7) is 4.00. The van der Waals surface area contributed by atoms with Gasteiger partial charge in [0.1, 0.15) is 0 Å². The molecule has 1 nitrogen and oxygen atoms in total. The van der Waals surface area contributed by atoms with Crippen LogP contribution in [0, 0.1) is 12.3 Å². The van der Waals surface area contributed by atoms with E-state index in [-0.39, 0.29) is 0 Å². The van der Waals surface area contributed by atoms with Gasteiger partial charge in [-0.15, -0.1) is 6.42 Å². The van der Waals surface area contributed by atoms with Crippen LogP contribution < -0.4 is 0 Å². The highest BCUT2D eigenvalue weighted by molar-refractivity contribution is 5.28. The highest BCUT2D eigenvalue weighted by atomic mass is 14.6. The summed E-state index contributed by atoms with van der Waals surface area (Å²) in [6, 6.07) is 3.58. The summed E-state index contributed by atoms with van der Waals surface area (Å²) >= 11 is 0. The smallest absolute Gasteiger partial charge is 0.0280 e. The van der Waals surface area contributed by atoms with Crippen molar-refractivity contribution in [2.24, 2.45) is 0 Å². The van der Waals surface area contributed by atoms with Gasteiger partial charge in [0, 0.05) is 18.0 Å². The van der Waals surface area contributed by atoms with Crippen molar-refractivity contribution in [3.05, 3.63) is 30.1 Å². The third-order valence-corrected chi connectivity index (χ3v) is 0.847. The Kier molecular flexibility index (Phi) is 5.09. The number of hydrogen-bond acceptors (Lipinski definition) is 1. The molecule has 0 aliphatic rings. The number of pyridine rings is 1. The Morgan fingerprint density at radius 1 is 1.30 bits per heavy atom. The maximum Gasteiger partial charge on any atom is 0.0280 e. The number of aromatic nitrogens is 1.